The Morgan fingerprint density at radius 1 is 1.04 bits per heavy atom. The van der Waals surface area contributed by atoms with Crippen molar-refractivity contribution in [3.8, 4) is 0 Å². The third-order valence-corrected chi connectivity index (χ3v) is 6.16. The number of benzene rings is 2. The molecule has 2 aromatic carbocycles. The summed E-state index contributed by atoms with van der Waals surface area (Å²) in [6, 6.07) is 11.9. The number of rotatable bonds is 4. The van der Waals surface area contributed by atoms with E-state index in [1.807, 2.05) is 0 Å². The van der Waals surface area contributed by atoms with Gasteiger partial charge in [0.05, 0.1) is 30.0 Å². The highest BCUT2D eigenvalue weighted by Crippen LogP contribution is 2.28. The standard InChI is InChI=1S/C19H18N2O6S/c1-12-11-28(25,26)21(18(12)23)16-9-5-13(6-10-16)17(22)20-15-7-3-14(4-8-15)19(24)27-2/h3-10,12H,11H2,1-2H3,(H,20,22)/t12-/m0/s1. The first kappa shape index (κ1) is 19.6. The third-order valence-electron chi connectivity index (χ3n) is 4.29. The van der Waals surface area contributed by atoms with Crippen LogP contribution in [0, 0.1) is 5.92 Å². The first-order chi connectivity index (χ1) is 13.2. The number of carbonyl (C=O) groups excluding carboxylic acids is 3. The van der Waals surface area contributed by atoms with E-state index < -0.39 is 33.7 Å². The molecule has 1 saturated heterocycles. The number of carbonyl (C=O) groups is 3. The molecule has 0 radical (unpaired) electrons. The lowest BCUT2D eigenvalue weighted by Gasteiger charge is -2.15. The summed E-state index contributed by atoms with van der Waals surface area (Å²) in [6.45, 7) is 1.56. The van der Waals surface area contributed by atoms with Crippen molar-refractivity contribution in [3.63, 3.8) is 0 Å². The quantitative estimate of drug-likeness (QED) is 0.784. The second kappa shape index (κ2) is 7.43. The molecule has 1 N–H and O–H groups in total. The Hall–Kier alpha value is -3.20. The third kappa shape index (κ3) is 3.74. The maximum Gasteiger partial charge on any atom is 0.337 e. The van der Waals surface area contributed by atoms with Crippen molar-refractivity contribution in [2.75, 3.05) is 22.5 Å². The molecule has 146 valence electrons. The average Bonchev–Trinajstić information content (AvgIpc) is 2.88. The van der Waals surface area contributed by atoms with E-state index >= 15 is 0 Å². The van der Waals surface area contributed by atoms with E-state index in [1.54, 1.807) is 19.1 Å². The molecule has 0 aromatic heterocycles. The summed E-state index contributed by atoms with van der Waals surface area (Å²) in [6.07, 6.45) is 0. The topological polar surface area (TPSA) is 110 Å². The molecule has 8 nitrogen and oxygen atoms in total. The highest BCUT2D eigenvalue weighted by Gasteiger charge is 2.41. The Morgan fingerprint density at radius 2 is 1.61 bits per heavy atom. The zero-order valence-electron chi connectivity index (χ0n) is 15.2. The summed E-state index contributed by atoms with van der Waals surface area (Å²) >= 11 is 0. The van der Waals surface area contributed by atoms with E-state index in [-0.39, 0.29) is 17.0 Å². The molecular formula is C19H18N2O6S. The normalized spacial score (nSPS) is 18.0. The molecule has 9 heteroatoms. The lowest BCUT2D eigenvalue weighted by molar-refractivity contribution is -0.119. The molecule has 0 spiro atoms. The van der Waals surface area contributed by atoms with Crippen LogP contribution in [0.5, 0.6) is 0 Å². The molecule has 1 aliphatic heterocycles. The largest absolute Gasteiger partial charge is 0.465 e. The molecule has 28 heavy (non-hydrogen) atoms. The van der Waals surface area contributed by atoms with E-state index in [1.165, 1.54) is 43.5 Å². The number of nitrogens with one attached hydrogen (secondary N) is 1. The summed E-state index contributed by atoms with van der Waals surface area (Å²) < 4.78 is 29.7. The van der Waals surface area contributed by atoms with Crippen LogP contribution in [0.15, 0.2) is 48.5 Å². The Bertz CT molecular complexity index is 1030. The minimum atomic E-state index is -3.69. The molecule has 1 heterocycles. The average molecular weight is 402 g/mol. The molecule has 0 saturated carbocycles. The minimum Gasteiger partial charge on any atom is -0.465 e. The van der Waals surface area contributed by atoms with Crippen molar-refractivity contribution in [3.05, 3.63) is 59.7 Å². The van der Waals surface area contributed by atoms with Gasteiger partial charge in [-0.15, -0.1) is 0 Å². The van der Waals surface area contributed by atoms with Crippen LogP contribution in [0.2, 0.25) is 0 Å². The van der Waals surface area contributed by atoms with Crippen molar-refractivity contribution in [2.45, 2.75) is 6.92 Å². The van der Waals surface area contributed by atoms with Crippen LogP contribution in [0.4, 0.5) is 11.4 Å². The number of sulfonamides is 1. The van der Waals surface area contributed by atoms with Gasteiger partial charge in [0.15, 0.2) is 0 Å². The summed E-state index contributed by atoms with van der Waals surface area (Å²) in [5.41, 5.74) is 1.33. The van der Waals surface area contributed by atoms with Gasteiger partial charge in [0, 0.05) is 11.3 Å². The SMILES string of the molecule is COC(=O)c1ccc(NC(=O)c2ccc(N3C(=O)[C@@H](C)CS3(=O)=O)cc2)cc1. The molecular weight excluding hydrogens is 384 g/mol. The van der Waals surface area contributed by atoms with Crippen molar-refractivity contribution < 1.29 is 27.5 Å². The Balaban J connectivity index is 1.74. The van der Waals surface area contributed by atoms with Crippen molar-refractivity contribution in [2.24, 2.45) is 5.92 Å². The number of nitrogens with zero attached hydrogens (tertiary/aromatic N) is 1. The highest BCUT2D eigenvalue weighted by atomic mass is 32.2. The van der Waals surface area contributed by atoms with Gasteiger partial charge in [-0.2, -0.15) is 0 Å². The molecule has 0 aliphatic carbocycles. The van der Waals surface area contributed by atoms with Crippen LogP contribution in [0.25, 0.3) is 0 Å². The maximum absolute atomic E-state index is 12.4. The van der Waals surface area contributed by atoms with Crippen LogP contribution in [0.3, 0.4) is 0 Å². The lowest BCUT2D eigenvalue weighted by atomic mass is 10.1. The number of methoxy groups -OCH3 is 1. The van der Waals surface area contributed by atoms with Crippen LogP contribution < -0.4 is 9.62 Å². The van der Waals surface area contributed by atoms with Gasteiger partial charge in [-0.25, -0.2) is 17.5 Å². The predicted octanol–water partition coefficient (Wildman–Crippen LogP) is 2.04. The number of ether oxygens (including phenoxy) is 1. The summed E-state index contributed by atoms with van der Waals surface area (Å²) in [5, 5.41) is 2.67. The van der Waals surface area contributed by atoms with Crippen molar-refractivity contribution >= 4 is 39.2 Å². The molecule has 0 bridgehead atoms. The van der Waals surface area contributed by atoms with E-state index in [0.29, 0.717) is 11.3 Å². The predicted molar refractivity (Wildman–Crippen MR) is 103 cm³/mol. The fourth-order valence-corrected chi connectivity index (χ4v) is 4.67. The highest BCUT2D eigenvalue weighted by molar-refractivity contribution is 7.94. The van der Waals surface area contributed by atoms with Gasteiger partial charge in [0.2, 0.25) is 15.9 Å². The smallest absolute Gasteiger partial charge is 0.337 e. The second-order valence-corrected chi connectivity index (χ2v) is 8.21. The minimum absolute atomic E-state index is 0.202. The van der Waals surface area contributed by atoms with Crippen LogP contribution in [-0.2, 0) is 19.6 Å². The van der Waals surface area contributed by atoms with Crippen molar-refractivity contribution in [1.82, 2.24) is 0 Å². The zero-order chi connectivity index (χ0) is 20.5. The molecule has 0 unspecified atom stereocenters. The number of esters is 1. The maximum atomic E-state index is 12.4. The molecule has 2 aromatic rings. The van der Waals surface area contributed by atoms with E-state index in [2.05, 4.69) is 10.1 Å². The second-order valence-electron chi connectivity index (χ2n) is 6.35. The van der Waals surface area contributed by atoms with E-state index in [4.69, 9.17) is 0 Å². The van der Waals surface area contributed by atoms with Crippen LogP contribution >= 0.6 is 0 Å². The van der Waals surface area contributed by atoms with Gasteiger partial charge in [-0.3, -0.25) is 9.59 Å². The first-order valence-electron chi connectivity index (χ1n) is 8.39. The molecule has 1 fully saturated rings. The molecule has 1 aliphatic rings. The van der Waals surface area contributed by atoms with Gasteiger partial charge in [-0.05, 0) is 48.5 Å². The first-order valence-corrected chi connectivity index (χ1v) is 10.0. The number of anilines is 2. The van der Waals surface area contributed by atoms with Crippen LogP contribution in [0.1, 0.15) is 27.6 Å². The van der Waals surface area contributed by atoms with Crippen molar-refractivity contribution in [1.29, 1.82) is 0 Å². The summed E-state index contributed by atoms with van der Waals surface area (Å²) in [7, 11) is -2.41. The molecule has 1 atom stereocenters. The zero-order valence-corrected chi connectivity index (χ0v) is 16.0. The summed E-state index contributed by atoms with van der Waals surface area (Å²) in [4.78, 5) is 35.9. The lowest BCUT2D eigenvalue weighted by Crippen LogP contribution is -2.30. The Kier molecular flexibility index (Phi) is 5.19. The number of hydrogen-bond donors (Lipinski definition) is 1. The van der Waals surface area contributed by atoms with E-state index in [0.717, 1.165) is 4.31 Å². The van der Waals surface area contributed by atoms with Crippen LogP contribution in [-0.4, -0.2) is 39.1 Å². The van der Waals surface area contributed by atoms with Gasteiger partial charge >= 0.3 is 5.97 Å². The van der Waals surface area contributed by atoms with Gasteiger partial charge < -0.3 is 10.1 Å². The fourth-order valence-electron chi connectivity index (χ4n) is 2.85. The summed E-state index contributed by atoms with van der Waals surface area (Å²) in [5.74, 6) is -2.20. The van der Waals surface area contributed by atoms with Gasteiger partial charge in [0.25, 0.3) is 5.91 Å². The van der Waals surface area contributed by atoms with E-state index in [9.17, 15) is 22.8 Å². The number of amides is 2. The van der Waals surface area contributed by atoms with Gasteiger partial charge in [-0.1, -0.05) is 6.92 Å². The number of hydrogen-bond acceptors (Lipinski definition) is 6. The Labute approximate surface area is 162 Å². The Morgan fingerprint density at radius 3 is 2.11 bits per heavy atom. The van der Waals surface area contributed by atoms with Gasteiger partial charge in [0.1, 0.15) is 0 Å². The molecule has 3 rings (SSSR count). The molecule has 2 amide bonds. The fraction of sp³-hybridized carbons (Fsp3) is 0.211. The monoisotopic (exact) mass is 402 g/mol.